The number of ether oxygens (including phenoxy) is 2. The van der Waals surface area contributed by atoms with E-state index in [1.165, 1.54) is 15.6 Å². The van der Waals surface area contributed by atoms with Crippen LogP contribution in [0.1, 0.15) is 57.0 Å². The molecule has 1 unspecified atom stereocenters. The lowest BCUT2D eigenvalue weighted by Gasteiger charge is -2.32. The number of aromatic nitrogens is 3. The quantitative estimate of drug-likeness (QED) is 0.224. The third-order valence-corrected chi connectivity index (χ3v) is 11.9. The maximum absolute atomic E-state index is 14.5. The van der Waals surface area contributed by atoms with Crippen LogP contribution in [0, 0.1) is 12.8 Å². The number of carbonyl (C=O) groups is 1. The number of imidazole rings is 1. The van der Waals surface area contributed by atoms with Crippen LogP contribution in [0.3, 0.4) is 0 Å². The van der Waals surface area contributed by atoms with Gasteiger partial charge in [-0.05, 0) is 70.2 Å². The number of halogens is 1. The van der Waals surface area contributed by atoms with Gasteiger partial charge in [0.2, 0.25) is 5.91 Å². The summed E-state index contributed by atoms with van der Waals surface area (Å²) in [7, 11) is -4.04. The second kappa shape index (κ2) is 12.3. The van der Waals surface area contributed by atoms with Gasteiger partial charge in [-0.1, -0.05) is 36.2 Å². The van der Waals surface area contributed by atoms with Crippen LogP contribution < -0.4 is 9.62 Å². The minimum atomic E-state index is -4.04. The third kappa shape index (κ3) is 5.87. The fourth-order valence-electron chi connectivity index (χ4n) is 6.55. The van der Waals surface area contributed by atoms with E-state index in [0.29, 0.717) is 47.7 Å². The van der Waals surface area contributed by atoms with Crippen molar-refractivity contribution < 1.29 is 22.7 Å². The molecule has 2 aliphatic rings. The first-order valence-electron chi connectivity index (χ1n) is 15.2. The average Bonchev–Trinajstić information content (AvgIpc) is 3.76. The number of hydrogen-bond donors (Lipinski definition) is 1. The van der Waals surface area contributed by atoms with Gasteiger partial charge >= 0.3 is 0 Å². The Morgan fingerprint density at radius 1 is 1.16 bits per heavy atom. The van der Waals surface area contributed by atoms with Crippen molar-refractivity contribution in [2.24, 2.45) is 5.92 Å². The predicted octanol–water partition coefficient (Wildman–Crippen LogP) is 5.89. The summed E-state index contributed by atoms with van der Waals surface area (Å²) in [6, 6.07) is 9.66. The maximum Gasteiger partial charge on any atom is 0.264 e. The van der Waals surface area contributed by atoms with E-state index in [2.05, 4.69) is 10.3 Å². The number of thiophene rings is 1. The van der Waals surface area contributed by atoms with Gasteiger partial charge in [-0.3, -0.25) is 9.10 Å². The van der Waals surface area contributed by atoms with Gasteiger partial charge in [-0.15, -0.1) is 11.3 Å². The zero-order valence-electron chi connectivity index (χ0n) is 25.9. The second-order valence-corrected chi connectivity index (χ2v) is 15.3. The SMILES string of the molecule is CCNC(=O)[C@@H]1C[C@H](n2cnc3c(N(C(CC)Cc4sccc4Cl)S(=O)(=O)c4ccc(C)cc4)ccnc32)[C@H]2OC(C)(C)O[C@@H]21. The molecule has 1 saturated heterocycles. The highest BCUT2D eigenvalue weighted by molar-refractivity contribution is 7.92. The van der Waals surface area contributed by atoms with Crippen molar-refractivity contribution in [1.29, 1.82) is 0 Å². The van der Waals surface area contributed by atoms with Crippen molar-refractivity contribution >= 4 is 55.7 Å². The molecule has 0 radical (unpaired) electrons. The molecule has 1 N–H and O–H groups in total. The number of amides is 1. The molecule has 4 heterocycles. The highest BCUT2D eigenvalue weighted by atomic mass is 35.5. The van der Waals surface area contributed by atoms with Crippen LogP contribution in [0.25, 0.3) is 11.2 Å². The van der Waals surface area contributed by atoms with E-state index in [1.807, 2.05) is 50.6 Å². The van der Waals surface area contributed by atoms with Crippen molar-refractivity contribution in [3.8, 4) is 0 Å². The molecule has 1 saturated carbocycles. The van der Waals surface area contributed by atoms with Gasteiger partial charge in [-0.25, -0.2) is 18.4 Å². The van der Waals surface area contributed by atoms with Crippen LogP contribution >= 0.6 is 22.9 Å². The fraction of sp³-hybridized carbons (Fsp3) is 0.469. The largest absolute Gasteiger partial charge is 0.356 e. The third-order valence-electron chi connectivity index (χ3n) is 8.65. The smallest absolute Gasteiger partial charge is 0.264 e. The molecule has 3 aromatic heterocycles. The number of anilines is 1. The van der Waals surface area contributed by atoms with E-state index in [4.69, 9.17) is 26.1 Å². The molecule has 5 atom stereocenters. The molecule has 240 valence electrons. The average molecular weight is 672 g/mol. The molecule has 1 aromatic carbocycles. The first kappa shape index (κ1) is 31.9. The van der Waals surface area contributed by atoms with E-state index in [9.17, 15) is 13.2 Å². The van der Waals surface area contributed by atoms with Crippen LogP contribution in [0.5, 0.6) is 0 Å². The number of sulfonamides is 1. The fourth-order valence-corrected chi connectivity index (χ4v) is 9.47. The summed E-state index contributed by atoms with van der Waals surface area (Å²) in [6.45, 7) is 9.99. The summed E-state index contributed by atoms with van der Waals surface area (Å²) in [5, 5.41) is 5.47. The van der Waals surface area contributed by atoms with Crippen LogP contribution in [-0.2, 0) is 30.7 Å². The lowest BCUT2D eigenvalue weighted by molar-refractivity contribution is -0.163. The van der Waals surface area contributed by atoms with Crippen LogP contribution in [0.15, 0.2) is 59.2 Å². The lowest BCUT2D eigenvalue weighted by atomic mass is 10.0. The number of nitrogens with zero attached hydrogens (tertiary/aromatic N) is 4. The summed E-state index contributed by atoms with van der Waals surface area (Å²) in [6.07, 6.45) is 3.87. The topological polar surface area (TPSA) is 116 Å². The summed E-state index contributed by atoms with van der Waals surface area (Å²) in [5.74, 6) is -1.35. The number of aryl methyl sites for hydroxylation is 1. The molecule has 13 heteroatoms. The Hall–Kier alpha value is -3.03. The van der Waals surface area contributed by atoms with E-state index in [0.717, 1.165) is 10.4 Å². The molecule has 45 heavy (non-hydrogen) atoms. The summed E-state index contributed by atoms with van der Waals surface area (Å²) in [4.78, 5) is 23.6. The Labute approximate surface area is 272 Å². The standard InChI is InChI=1S/C32H38ClN5O5S2/c1-6-20(16-26-23(33)13-15-44-26)38(45(40,41)21-10-8-19(3)9-11-21)24-12-14-35-30-27(24)36-18-37(30)25-17-22(31(39)34-7-2)28-29(25)43-32(4,5)42-28/h8-15,18,20,22,25,28-29H,6-7,16-17H2,1-5H3,(H,34,39)/t20?,22-,25+,28-,29-/m1/s1. The molecule has 6 rings (SSSR count). The Balaban J connectivity index is 1.46. The molecule has 0 bridgehead atoms. The number of benzene rings is 1. The highest BCUT2D eigenvalue weighted by Crippen LogP contribution is 2.48. The van der Waals surface area contributed by atoms with E-state index < -0.39 is 40.0 Å². The number of fused-ring (bicyclic) bond motifs is 2. The summed E-state index contributed by atoms with van der Waals surface area (Å²) in [5.41, 5.74) is 2.34. The first-order valence-corrected chi connectivity index (χ1v) is 17.9. The lowest BCUT2D eigenvalue weighted by Crippen LogP contribution is -2.41. The van der Waals surface area contributed by atoms with Gasteiger partial charge in [-0.2, -0.15) is 0 Å². The van der Waals surface area contributed by atoms with Crippen LogP contribution in [-0.4, -0.2) is 59.4 Å². The van der Waals surface area contributed by atoms with E-state index in [-0.39, 0.29) is 16.8 Å². The Kier molecular flexibility index (Phi) is 8.72. The Bertz CT molecular complexity index is 1810. The zero-order chi connectivity index (χ0) is 32.1. The molecule has 10 nitrogen and oxygen atoms in total. The van der Waals surface area contributed by atoms with E-state index in [1.54, 1.807) is 42.9 Å². The molecular weight excluding hydrogens is 634 g/mol. The van der Waals surface area contributed by atoms with Crippen molar-refractivity contribution in [2.75, 3.05) is 10.8 Å². The number of hydrogen-bond acceptors (Lipinski definition) is 8. The normalized spacial score (nSPS) is 23.2. The molecule has 1 aliphatic heterocycles. The molecule has 1 amide bonds. The number of rotatable bonds is 10. The van der Waals surface area contributed by atoms with Gasteiger partial charge in [0.1, 0.15) is 17.7 Å². The Morgan fingerprint density at radius 3 is 2.56 bits per heavy atom. The monoisotopic (exact) mass is 671 g/mol. The maximum atomic E-state index is 14.5. The zero-order valence-corrected chi connectivity index (χ0v) is 28.3. The van der Waals surface area contributed by atoms with Crippen molar-refractivity contribution in [3.05, 3.63) is 69.8 Å². The van der Waals surface area contributed by atoms with Gasteiger partial charge in [0.25, 0.3) is 10.0 Å². The van der Waals surface area contributed by atoms with Crippen molar-refractivity contribution in [3.63, 3.8) is 0 Å². The number of carbonyl (C=O) groups excluding carboxylic acids is 1. The van der Waals surface area contributed by atoms with E-state index >= 15 is 0 Å². The van der Waals surface area contributed by atoms with Crippen molar-refractivity contribution in [1.82, 2.24) is 19.9 Å². The summed E-state index contributed by atoms with van der Waals surface area (Å²) >= 11 is 8.00. The Morgan fingerprint density at radius 2 is 1.89 bits per heavy atom. The molecule has 2 fully saturated rings. The van der Waals surface area contributed by atoms with Crippen LogP contribution in [0.4, 0.5) is 5.69 Å². The molecule has 0 spiro atoms. The highest BCUT2D eigenvalue weighted by Gasteiger charge is 2.57. The van der Waals surface area contributed by atoms with Gasteiger partial charge < -0.3 is 19.4 Å². The second-order valence-electron chi connectivity index (χ2n) is 12.1. The molecule has 1 aliphatic carbocycles. The minimum Gasteiger partial charge on any atom is -0.356 e. The molecular formula is C32H38ClN5O5S2. The first-order chi connectivity index (χ1) is 21.4. The minimum absolute atomic E-state index is 0.0808. The van der Waals surface area contributed by atoms with Crippen LogP contribution in [0.2, 0.25) is 5.02 Å². The van der Waals surface area contributed by atoms with Gasteiger partial charge in [0.05, 0.1) is 39.9 Å². The number of nitrogens with one attached hydrogen (secondary N) is 1. The van der Waals surface area contributed by atoms with Crippen molar-refractivity contribution in [2.45, 2.75) is 88.9 Å². The van der Waals surface area contributed by atoms with Gasteiger partial charge in [0.15, 0.2) is 11.4 Å². The summed E-state index contributed by atoms with van der Waals surface area (Å²) < 4.78 is 45.0. The predicted molar refractivity (Wildman–Crippen MR) is 175 cm³/mol. The molecule has 4 aromatic rings. The van der Waals surface area contributed by atoms with Gasteiger partial charge in [0, 0.05) is 24.0 Å². The number of pyridine rings is 1.